The minimum atomic E-state index is -0.328. The van der Waals surface area contributed by atoms with Gasteiger partial charge in [0.2, 0.25) is 0 Å². The molecule has 1 aliphatic rings. The summed E-state index contributed by atoms with van der Waals surface area (Å²) in [4.78, 5) is 13.4. The van der Waals surface area contributed by atoms with Crippen LogP contribution in [0.3, 0.4) is 0 Å². The van der Waals surface area contributed by atoms with Crippen molar-refractivity contribution in [2.75, 3.05) is 11.9 Å². The van der Waals surface area contributed by atoms with Crippen LogP contribution < -0.4 is 10.2 Å². The number of aryl methyl sites for hydroxylation is 1. The van der Waals surface area contributed by atoms with Gasteiger partial charge in [0.25, 0.3) is 5.91 Å². The first-order valence-corrected chi connectivity index (χ1v) is 8.16. The quantitative estimate of drug-likeness (QED) is 0.838. The van der Waals surface area contributed by atoms with Crippen molar-refractivity contribution in [1.82, 2.24) is 0 Å². The van der Waals surface area contributed by atoms with Gasteiger partial charge < -0.3 is 10.2 Å². The van der Waals surface area contributed by atoms with E-state index in [1.807, 2.05) is 0 Å². The van der Waals surface area contributed by atoms with Gasteiger partial charge >= 0.3 is 0 Å². The predicted octanol–water partition coefficient (Wildman–Crippen LogP) is 2.46. The summed E-state index contributed by atoms with van der Waals surface area (Å²) < 4.78 is 26.6. The van der Waals surface area contributed by atoms with E-state index >= 15 is 0 Å². The third kappa shape index (κ3) is 4.38. The van der Waals surface area contributed by atoms with Gasteiger partial charge in [0.1, 0.15) is 18.2 Å². The molecule has 0 aromatic heterocycles. The molecule has 0 spiro atoms. The highest BCUT2D eigenvalue weighted by molar-refractivity contribution is 5.91. The zero-order valence-corrected chi connectivity index (χ0v) is 13.6. The standard InChI is InChI=1S/C19H20F2N2O/c1-13-2-7-16(10-18(13)21)22-19(24)12-23(17-8-9-17)11-14-3-5-15(20)6-4-14/h2-7,10,17H,8-9,11-12H2,1H3,(H,22,24)/p+1. The molecule has 1 aliphatic carbocycles. The van der Waals surface area contributed by atoms with Crippen LogP contribution >= 0.6 is 0 Å². The second-order valence-corrected chi connectivity index (χ2v) is 6.42. The highest BCUT2D eigenvalue weighted by Crippen LogP contribution is 2.16. The summed E-state index contributed by atoms with van der Waals surface area (Å²) in [5, 5.41) is 2.76. The van der Waals surface area contributed by atoms with Crippen molar-refractivity contribution in [2.24, 2.45) is 0 Å². The number of quaternary nitrogens is 1. The Kier molecular flexibility index (Phi) is 4.90. The average Bonchev–Trinajstić information content (AvgIpc) is 3.37. The number of amides is 1. The third-order valence-electron chi connectivity index (χ3n) is 4.34. The van der Waals surface area contributed by atoms with Crippen molar-refractivity contribution in [3.8, 4) is 0 Å². The number of benzene rings is 2. The largest absolute Gasteiger partial charge is 0.321 e. The minimum absolute atomic E-state index is 0.137. The van der Waals surface area contributed by atoms with Gasteiger partial charge in [0, 0.05) is 24.1 Å². The first-order valence-electron chi connectivity index (χ1n) is 8.16. The molecule has 0 saturated heterocycles. The maximum Gasteiger partial charge on any atom is 0.279 e. The molecule has 0 radical (unpaired) electrons. The van der Waals surface area contributed by atoms with Crippen LogP contribution in [0, 0.1) is 18.6 Å². The Bertz CT molecular complexity index is 727. The molecule has 1 unspecified atom stereocenters. The van der Waals surface area contributed by atoms with E-state index in [-0.39, 0.29) is 17.5 Å². The van der Waals surface area contributed by atoms with Crippen molar-refractivity contribution < 1.29 is 18.5 Å². The summed E-state index contributed by atoms with van der Waals surface area (Å²) in [5.41, 5.74) is 2.03. The lowest BCUT2D eigenvalue weighted by Crippen LogP contribution is -3.13. The fourth-order valence-electron chi connectivity index (χ4n) is 2.79. The maximum absolute atomic E-state index is 13.6. The van der Waals surface area contributed by atoms with Gasteiger partial charge in [-0.15, -0.1) is 0 Å². The van der Waals surface area contributed by atoms with E-state index in [4.69, 9.17) is 0 Å². The molecule has 5 heteroatoms. The highest BCUT2D eigenvalue weighted by atomic mass is 19.1. The van der Waals surface area contributed by atoms with E-state index in [0.29, 0.717) is 30.4 Å². The molecular weight excluding hydrogens is 310 g/mol. The van der Waals surface area contributed by atoms with Gasteiger partial charge in [0.15, 0.2) is 6.54 Å². The van der Waals surface area contributed by atoms with E-state index in [1.165, 1.54) is 18.2 Å². The Morgan fingerprint density at radius 1 is 1.17 bits per heavy atom. The van der Waals surface area contributed by atoms with Gasteiger partial charge in [-0.1, -0.05) is 18.2 Å². The van der Waals surface area contributed by atoms with Gasteiger partial charge in [-0.2, -0.15) is 0 Å². The van der Waals surface area contributed by atoms with Crippen LogP contribution in [0.25, 0.3) is 0 Å². The Labute approximate surface area is 140 Å². The molecule has 1 amide bonds. The molecule has 0 bridgehead atoms. The van der Waals surface area contributed by atoms with E-state index in [9.17, 15) is 13.6 Å². The smallest absolute Gasteiger partial charge is 0.279 e. The number of nitrogens with one attached hydrogen (secondary N) is 2. The number of anilines is 1. The molecular formula is C19H21F2N2O+. The highest BCUT2D eigenvalue weighted by Gasteiger charge is 2.34. The number of halogens is 2. The second-order valence-electron chi connectivity index (χ2n) is 6.42. The molecule has 1 atom stereocenters. The van der Waals surface area contributed by atoms with Crippen molar-refractivity contribution in [1.29, 1.82) is 0 Å². The summed E-state index contributed by atoms with van der Waals surface area (Å²) in [7, 11) is 0. The van der Waals surface area contributed by atoms with Crippen LogP contribution in [0.5, 0.6) is 0 Å². The van der Waals surface area contributed by atoms with Crippen LogP contribution in [-0.4, -0.2) is 18.5 Å². The van der Waals surface area contributed by atoms with E-state index in [2.05, 4.69) is 5.32 Å². The van der Waals surface area contributed by atoms with E-state index < -0.39 is 0 Å². The SMILES string of the molecule is Cc1ccc(NC(=O)C[NH+](Cc2ccc(F)cc2)C2CC2)cc1F. The monoisotopic (exact) mass is 331 g/mol. The number of hydrogen-bond donors (Lipinski definition) is 2. The molecule has 0 aliphatic heterocycles. The minimum Gasteiger partial charge on any atom is -0.321 e. The van der Waals surface area contributed by atoms with Crippen LogP contribution in [-0.2, 0) is 11.3 Å². The van der Waals surface area contributed by atoms with E-state index in [0.717, 1.165) is 23.3 Å². The Morgan fingerprint density at radius 3 is 2.50 bits per heavy atom. The molecule has 3 nitrogen and oxygen atoms in total. The number of hydrogen-bond acceptors (Lipinski definition) is 1. The van der Waals surface area contributed by atoms with Crippen molar-refractivity contribution in [3.63, 3.8) is 0 Å². The zero-order chi connectivity index (χ0) is 17.1. The first kappa shape index (κ1) is 16.6. The lowest BCUT2D eigenvalue weighted by atomic mass is 10.2. The lowest BCUT2D eigenvalue weighted by Gasteiger charge is -2.19. The predicted molar refractivity (Wildman–Crippen MR) is 88.7 cm³/mol. The Hall–Kier alpha value is -2.27. The fraction of sp³-hybridized carbons (Fsp3) is 0.316. The molecule has 24 heavy (non-hydrogen) atoms. The molecule has 2 N–H and O–H groups in total. The summed E-state index contributed by atoms with van der Waals surface area (Å²) >= 11 is 0. The topological polar surface area (TPSA) is 33.5 Å². The lowest BCUT2D eigenvalue weighted by molar-refractivity contribution is -0.916. The Balaban J connectivity index is 1.61. The van der Waals surface area contributed by atoms with Gasteiger partial charge in [-0.25, -0.2) is 8.78 Å². The van der Waals surface area contributed by atoms with Gasteiger partial charge in [-0.3, -0.25) is 4.79 Å². The number of carbonyl (C=O) groups excluding carboxylic acids is 1. The van der Waals surface area contributed by atoms with Crippen LogP contribution in [0.15, 0.2) is 42.5 Å². The van der Waals surface area contributed by atoms with Crippen LogP contribution in [0.2, 0.25) is 0 Å². The summed E-state index contributed by atoms with van der Waals surface area (Å²) in [5.74, 6) is -0.723. The molecule has 3 rings (SSSR count). The summed E-state index contributed by atoms with van der Waals surface area (Å²) in [6, 6.07) is 11.5. The molecule has 2 aromatic rings. The fourth-order valence-corrected chi connectivity index (χ4v) is 2.79. The van der Waals surface area contributed by atoms with Crippen molar-refractivity contribution in [2.45, 2.75) is 32.4 Å². The van der Waals surface area contributed by atoms with E-state index in [1.54, 1.807) is 31.2 Å². The van der Waals surface area contributed by atoms with Crippen LogP contribution in [0.4, 0.5) is 14.5 Å². The second kappa shape index (κ2) is 7.09. The van der Waals surface area contributed by atoms with Crippen molar-refractivity contribution >= 4 is 11.6 Å². The zero-order valence-electron chi connectivity index (χ0n) is 13.6. The number of carbonyl (C=O) groups is 1. The summed E-state index contributed by atoms with van der Waals surface area (Å²) in [6.45, 7) is 2.68. The van der Waals surface area contributed by atoms with Crippen molar-refractivity contribution in [3.05, 3.63) is 65.2 Å². The summed E-state index contributed by atoms with van der Waals surface area (Å²) in [6.07, 6.45) is 2.20. The Morgan fingerprint density at radius 2 is 1.88 bits per heavy atom. The molecule has 1 saturated carbocycles. The van der Waals surface area contributed by atoms with Gasteiger partial charge in [-0.05, 0) is 36.8 Å². The van der Waals surface area contributed by atoms with Crippen LogP contribution in [0.1, 0.15) is 24.0 Å². The average molecular weight is 331 g/mol. The maximum atomic E-state index is 13.6. The molecule has 0 heterocycles. The number of rotatable bonds is 6. The third-order valence-corrected chi connectivity index (χ3v) is 4.34. The first-order chi connectivity index (χ1) is 11.5. The van der Waals surface area contributed by atoms with Gasteiger partial charge in [0.05, 0.1) is 6.04 Å². The normalized spacial score (nSPS) is 15.1. The molecule has 126 valence electrons. The molecule has 2 aromatic carbocycles. The molecule has 1 fully saturated rings.